The molecular formula is C16H28O. The van der Waals surface area contributed by atoms with E-state index in [1.807, 2.05) is 6.08 Å². The molecule has 0 unspecified atom stereocenters. The second kappa shape index (κ2) is 10.3. The van der Waals surface area contributed by atoms with Gasteiger partial charge in [0.05, 0.1) is 6.61 Å². The Labute approximate surface area is 107 Å². The molecule has 1 N–H and O–H groups in total. The van der Waals surface area contributed by atoms with E-state index in [1.165, 1.54) is 17.6 Å². The molecular weight excluding hydrogens is 208 g/mol. The molecule has 0 atom stereocenters. The second-order valence-corrected chi connectivity index (χ2v) is 4.81. The molecule has 0 aliphatic rings. The quantitative estimate of drug-likeness (QED) is 0.601. The largest absolute Gasteiger partial charge is 0.392 e. The van der Waals surface area contributed by atoms with Crippen molar-refractivity contribution in [3.63, 3.8) is 0 Å². The Morgan fingerprint density at radius 1 is 0.941 bits per heavy atom. The van der Waals surface area contributed by atoms with Crippen LogP contribution in [-0.4, -0.2) is 11.7 Å². The smallest absolute Gasteiger partial charge is 0.0614 e. The molecule has 0 aromatic rings. The van der Waals surface area contributed by atoms with E-state index in [1.54, 1.807) is 5.57 Å². The van der Waals surface area contributed by atoms with Crippen LogP contribution in [-0.2, 0) is 0 Å². The van der Waals surface area contributed by atoms with Crippen LogP contribution in [0.25, 0.3) is 0 Å². The Kier molecular flexibility index (Phi) is 9.84. The Morgan fingerprint density at radius 3 is 2.12 bits per heavy atom. The summed E-state index contributed by atoms with van der Waals surface area (Å²) >= 11 is 0. The van der Waals surface area contributed by atoms with Crippen molar-refractivity contribution in [1.82, 2.24) is 0 Å². The van der Waals surface area contributed by atoms with Crippen molar-refractivity contribution < 1.29 is 5.11 Å². The molecule has 0 radical (unpaired) electrons. The van der Waals surface area contributed by atoms with Crippen LogP contribution in [0.5, 0.6) is 0 Å². The first-order valence-electron chi connectivity index (χ1n) is 6.67. The summed E-state index contributed by atoms with van der Waals surface area (Å²) in [5, 5.41) is 8.76. The Morgan fingerprint density at radius 2 is 1.59 bits per heavy atom. The normalized spacial score (nSPS) is 12.8. The van der Waals surface area contributed by atoms with E-state index in [0.717, 1.165) is 25.7 Å². The topological polar surface area (TPSA) is 20.2 Å². The van der Waals surface area contributed by atoms with Crippen LogP contribution in [0.3, 0.4) is 0 Å². The zero-order valence-electron chi connectivity index (χ0n) is 11.9. The Balaban J connectivity index is 4.01. The fourth-order valence-electron chi connectivity index (χ4n) is 1.73. The predicted molar refractivity (Wildman–Crippen MR) is 77.1 cm³/mol. The molecule has 0 amide bonds. The van der Waals surface area contributed by atoms with Gasteiger partial charge in [-0.2, -0.15) is 0 Å². The van der Waals surface area contributed by atoms with Crippen molar-refractivity contribution in [2.75, 3.05) is 6.61 Å². The zero-order valence-corrected chi connectivity index (χ0v) is 11.9. The number of hydrogen-bond acceptors (Lipinski definition) is 1. The average molecular weight is 236 g/mol. The molecule has 0 aromatic heterocycles. The molecule has 0 heterocycles. The summed E-state index contributed by atoms with van der Waals surface area (Å²) in [6.07, 6.45) is 12.2. The summed E-state index contributed by atoms with van der Waals surface area (Å²) in [6.45, 7) is 8.77. The van der Waals surface area contributed by atoms with Crippen molar-refractivity contribution in [1.29, 1.82) is 0 Å². The molecule has 0 bridgehead atoms. The molecule has 98 valence electrons. The van der Waals surface area contributed by atoms with Crippen LogP contribution in [0.2, 0.25) is 0 Å². The van der Waals surface area contributed by atoms with Gasteiger partial charge in [0.25, 0.3) is 0 Å². The molecule has 0 aliphatic carbocycles. The standard InChI is InChI=1S/C16H28O/c1-5-16(10-6-8-14(2)3)11-7-9-15(4)12-13-17/h8,11-12,17H,5-7,9-10,13H2,1-4H3/b15-12+,16-11-. The van der Waals surface area contributed by atoms with Crippen molar-refractivity contribution in [2.45, 2.75) is 59.8 Å². The van der Waals surface area contributed by atoms with Crippen LogP contribution in [0.15, 0.2) is 34.9 Å². The fraction of sp³-hybridized carbons (Fsp3) is 0.625. The molecule has 17 heavy (non-hydrogen) atoms. The van der Waals surface area contributed by atoms with Gasteiger partial charge >= 0.3 is 0 Å². The van der Waals surface area contributed by atoms with E-state index in [2.05, 4.69) is 39.8 Å². The van der Waals surface area contributed by atoms with E-state index in [0.29, 0.717) is 0 Å². The monoisotopic (exact) mass is 236 g/mol. The molecule has 0 spiro atoms. The summed E-state index contributed by atoms with van der Waals surface area (Å²) in [7, 11) is 0. The minimum absolute atomic E-state index is 0.163. The minimum atomic E-state index is 0.163. The highest BCUT2D eigenvalue weighted by molar-refractivity contribution is 5.07. The summed E-state index contributed by atoms with van der Waals surface area (Å²) in [5.74, 6) is 0. The van der Waals surface area contributed by atoms with Crippen LogP contribution in [0.1, 0.15) is 59.8 Å². The first-order chi connectivity index (χ1) is 8.10. The maximum atomic E-state index is 8.76. The lowest BCUT2D eigenvalue weighted by Gasteiger charge is -2.04. The van der Waals surface area contributed by atoms with Crippen molar-refractivity contribution in [3.8, 4) is 0 Å². The van der Waals surface area contributed by atoms with E-state index in [-0.39, 0.29) is 6.61 Å². The van der Waals surface area contributed by atoms with Crippen molar-refractivity contribution in [3.05, 3.63) is 34.9 Å². The first-order valence-corrected chi connectivity index (χ1v) is 6.67. The highest BCUT2D eigenvalue weighted by Crippen LogP contribution is 2.14. The minimum Gasteiger partial charge on any atom is -0.392 e. The number of rotatable bonds is 8. The molecule has 1 heteroatoms. The van der Waals surface area contributed by atoms with E-state index >= 15 is 0 Å². The Bertz CT molecular complexity index is 278. The average Bonchev–Trinajstić information content (AvgIpc) is 2.27. The molecule has 0 rings (SSSR count). The fourth-order valence-corrected chi connectivity index (χ4v) is 1.73. The maximum absolute atomic E-state index is 8.76. The van der Waals surface area contributed by atoms with Gasteiger partial charge in [-0.15, -0.1) is 0 Å². The lowest BCUT2D eigenvalue weighted by molar-refractivity contribution is 0.341. The molecule has 0 aliphatic heterocycles. The van der Waals surface area contributed by atoms with Crippen molar-refractivity contribution in [2.24, 2.45) is 0 Å². The maximum Gasteiger partial charge on any atom is 0.0614 e. The SMILES string of the molecule is CC/C(=C/CC/C(C)=C/CO)CCC=C(C)C. The van der Waals surface area contributed by atoms with Gasteiger partial charge in [0.1, 0.15) is 0 Å². The first kappa shape index (κ1) is 16.2. The highest BCUT2D eigenvalue weighted by atomic mass is 16.2. The van der Waals surface area contributed by atoms with Gasteiger partial charge in [0, 0.05) is 0 Å². The van der Waals surface area contributed by atoms with Crippen LogP contribution >= 0.6 is 0 Å². The van der Waals surface area contributed by atoms with Crippen molar-refractivity contribution >= 4 is 0 Å². The van der Waals surface area contributed by atoms with E-state index < -0.39 is 0 Å². The zero-order chi connectivity index (χ0) is 13.1. The summed E-state index contributed by atoms with van der Waals surface area (Å²) < 4.78 is 0. The van der Waals surface area contributed by atoms with E-state index in [4.69, 9.17) is 5.11 Å². The van der Waals surface area contributed by atoms with Gasteiger partial charge in [-0.25, -0.2) is 0 Å². The number of hydrogen-bond donors (Lipinski definition) is 1. The van der Waals surface area contributed by atoms with Crippen LogP contribution in [0.4, 0.5) is 0 Å². The third kappa shape index (κ3) is 10.1. The van der Waals surface area contributed by atoms with Gasteiger partial charge in [-0.3, -0.25) is 0 Å². The van der Waals surface area contributed by atoms with E-state index in [9.17, 15) is 0 Å². The molecule has 0 saturated carbocycles. The third-order valence-corrected chi connectivity index (χ3v) is 2.88. The van der Waals surface area contributed by atoms with Crippen LogP contribution < -0.4 is 0 Å². The Hall–Kier alpha value is -0.820. The lowest BCUT2D eigenvalue weighted by atomic mass is 10.0. The third-order valence-electron chi connectivity index (χ3n) is 2.88. The molecule has 1 nitrogen and oxygen atoms in total. The highest BCUT2D eigenvalue weighted by Gasteiger charge is 1.94. The summed E-state index contributed by atoms with van der Waals surface area (Å²) in [4.78, 5) is 0. The number of aliphatic hydroxyl groups is 1. The number of aliphatic hydroxyl groups excluding tert-OH is 1. The van der Waals surface area contributed by atoms with Gasteiger partial charge in [0.15, 0.2) is 0 Å². The molecule has 0 saturated heterocycles. The lowest BCUT2D eigenvalue weighted by Crippen LogP contribution is -1.84. The van der Waals surface area contributed by atoms with Gasteiger partial charge < -0.3 is 5.11 Å². The van der Waals surface area contributed by atoms with Gasteiger partial charge in [-0.05, 0) is 52.9 Å². The molecule has 0 aromatic carbocycles. The van der Waals surface area contributed by atoms with Gasteiger partial charge in [-0.1, -0.05) is 41.9 Å². The number of allylic oxidation sites excluding steroid dienone is 5. The summed E-state index contributed by atoms with van der Waals surface area (Å²) in [6, 6.07) is 0. The van der Waals surface area contributed by atoms with Crippen LogP contribution in [0, 0.1) is 0 Å². The molecule has 0 fully saturated rings. The second-order valence-electron chi connectivity index (χ2n) is 4.81. The predicted octanol–water partition coefficient (Wildman–Crippen LogP) is 4.79. The van der Waals surface area contributed by atoms with Gasteiger partial charge in [0.2, 0.25) is 0 Å². The summed E-state index contributed by atoms with van der Waals surface area (Å²) in [5.41, 5.74) is 4.24.